The predicted molar refractivity (Wildman–Crippen MR) is 204 cm³/mol. The molecule has 1 aromatic heterocycles. The Kier molecular flexibility index (Phi) is 10.8. The maximum atomic E-state index is 14.8. The van der Waals surface area contributed by atoms with E-state index in [4.69, 9.17) is 21.1 Å². The van der Waals surface area contributed by atoms with Gasteiger partial charge in [-0.2, -0.15) is 5.10 Å². The molecule has 52 heavy (non-hydrogen) atoms. The fourth-order valence-electron chi connectivity index (χ4n) is 8.74. The van der Waals surface area contributed by atoms with Gasteiger partial charge in [0, 0.05) is 61.6 Å². The van der Waals surface area contributed by atoms with Crippen molar-refractivity contribution in [3.8, 4) is 5.75 Å². The fourth-order valence-corrected chi connectivity index (χ4v) is 11.0. The minimum atomic E-state index is -3.50. The summed E-state index contributed by atoms with van der Waals surface area (Å²) in [5.74, 6) is 0.428. The minimum absolute atomic E-state index is 0.0467. The Hall–Kier alpha value is -3.67. The first-order valence-electron chi connectivity index (χ1n) is 18.7. The molecule has 2 amide bonds. The van der Waals surface area contributed by atoms with Crippen molar-refractivity contribution < 1.29 is 23.3 Å². The second-order valence-corrected chi connectivity index (χ2v) is 17.6. The highest BCUT2D eigenvalue weighted by Gasteiger charge is 2.44. The molecule has 4 aliphatic rings. The Balaban J connectivity index is 1.28. The van der Waals surface area contributed by atoms with E-state index in [2.05, 4.69) is 43.4 Å². The first kappa shape index (κ1) is 36.7. The second-order valence-electron chi connectivity index (χ2n) is 15.0. The molecular weight excluding hydrogens is 698 g/mol. The largest absolute Gasteiger partial charge is 0.490 e. The van der Waals surface area contributed by atoms with Crippen LogP contribution >= 0.6 is 11.6 Å². The molecule has 3 heterocycles. The number of nitrogens with zero attached hydrogens (tertiary/aromatic N) is 4. The number of benzene rings is 2. The SMILES string of the molecule is CCC1CC/C=C/C(OC)C2CCC2CN2CC3(CCCc4cc(Cl)ccc43)COc3ccc(cc32)C(=O)N=S1(=O)NC(=O)CCc1ccnn1C. The fraction of sp³-hybridized carbons (Fsp3) is 0.525. The summed E-state index contributed by atoms with van der Waals surface area (Å²) in [6, 6.07) is 13.5. The standard InChI is InChI=1S/C40H50ClN5O5S/c1-4-32-9-5-6-10-36(50-3)33-15-11-29(33)24-46-25-40(20-7-8-27-22-30(41)13-16-34(27)40)26-51-37-17-12-28(23-35(37)46)39(48)44-52(32,49)43-38(47)18-14-31-19-21-42-45(31)2/h6,10,12-13,16-17,19,21-23,29,32-33,36H,4-5,7-9,11,14-15,18,20,24-26H2,1-3H3,(H,43,44,47,48,49)/b10-6+. The first-order valence-corrected chi connectivity index (χ1v) is 20.6. The third kappa shape index (κ3) is 7.41. The van der Waals surface area contributed by atoms with Crippen LogP contribution in [0, 0.1) is 11.8 Å². The van der Waals surface area contributed by atoms with Crippen molar-refractivity contribution in [3.63, 3.8) is 0 Å². The van der Waals surface area contributed by atoms with Gasteiger partial charge < -0.3 is 14.4 Å². The number of anilines is 1. The Morgan fingerprint density at radius 1 is 1.17 bits per heavy atom. The van der Waals surface area contributed by atoms with Crippen LogP contribution in [0.5, 0.6) is 5.75 Å². The van der Waals surface area contributed by atoms with Crippen molar-refractivity contribution in [2.45, 2.75) is 87.9 Å². The second kappa shape index (κ2) is 15.4. The lowest BCUT2D eigenvalue weighted by atomic mass is 9.68. The lowest BCUT2D eigenvalue weighted by Gasteiger charge is -2.46. The molecule has 2 aliphatic heterocycles. The number of ether oxygens (including phenoxy) is 2. The van der Waals surface area contributed by atoms with Crippen LogP contribution in [0.4, 0.5) is 5.69 Å². The van der Waals surface area contributed by atoms with Gasteiger partial charge in [0.2, 0.25) is 5.91 Å². The molecule has 1 N–H and O–H groups in total. The zero-order chi connectivity index (χ0) is 36.5. The summed E-state index contributed by atoms with van der Waals surface area (Å²) in [6.07, 6.45) is 13.2. The van der Waals surface area contributed by atoms with Crippen LogP contribution in [0.1, 0.15) is 85.5 Å². The maximum absolute atomic E-state index is 14.8. The Morgan fingerprint density at radius 2 is 2.04 bits per heavy atom. The summed E-state index contributed by atoms with van der Waals surface area (Å²) in [6.45, 7) is 3.95. The van der Waals surface area contributed by atoms with Crippen LogP contribution in [0.2, 0.25) is 5.02 Å². The van der Waals surface area contributed by atoms with Gasteiger partial charge in [-0.3, -0.25) is 19.0 Å². The minimum Gasteiger partial charge on any atom is -0.490 e. The molecule has 10 nitrogen and oxygen atoms in total. The molecule has 2 aliphatic carbocycles. The number of nitrogens with one attached hydrogen (secondary N) is 1. The molecule has 3 aromatic rings. The van der Waals surface area contributed by atoms with Gasteiger partial charge in [0.15, 0.2) is 0 Å². The number of halogens is 1. The van der Waals surface area contributed by atoms with Gasteiger partial charge in [-0.1, -0.05) is 36.7 Å². The van der Waals surface area contributed by atoms with Crippen LogP contribution in [0.15, 0.2) is 65.2 Å². The van der Waals surface area contributed by atoms with Crippen molar-refractivity contribution >= 4 is 39.0 Å². The van der Waals surface area contributed by atoms with Gasteiger partial charge in [0.25, 0.3) is 5.91 Å². The number of fused-ring (bicyclic) bond motifs is 4. The highest BCUT2D eigenvalue weighted by Crippen LogP contribution is 2.47. The molecule has 1 saturated carbocycles. The van der Waals surface area contributed by atoms with E-state index in [-0.39, 0.29) is 17.9 Å². The monoisotopic (exact) mass is 747 g/mol. The zero-order valence-corrected chi connectivity index (χ0v) is 32.0. The van der Waals surface area contributed by atoms with Crippen LogP contribution in [-0.4, -0.2) is 64.0 Å². The third-order valence-corrected chi connectivity index (χ3v) is 14.5. The normalized spacial score (nSPS) is 29.5. The number of hydrogen-bond donors (Lipinski definition) is 1. The van der Waals surface area contributed by atoms with E-state index in [1.165, 1.54) is 11.1 Å². The van der Waals surface area contributed by atoms with Crippen LogP contribution < -0.4 is 14.4 Å². The summed E-state index contributed by atoms with van der Waals surface area (Å²) >= 11 is 6.47. The summed E-state index contributed by atoms with van der Waals surface area (Å²) in [5.41, 5.74) is 4.33. The molecular formula is C40H50ClN5O5S. The average Bonchev–Trinajstić information content (AvgIpc) is 3.47. The number of hydrogen-bond acceptors (Lipinski definition) is 7. The molecule has 7 rings (SSSR count). The van der Waals surface area contributed by atoms with Gasteiger partial charge in [-0.15, -0.1) is 4.36 Å². The van der Waals surface area contributed by atoms with E-state index < -0.39 is 27.0 Å². The molecule has 1 fully saturated rings. The molecule has 6 unspecified atom stereocenters. The van der Waals surface area contributed by atoms with Gasteiger partial charge in [0.05, 0.1) is 23.6 Å². The number of aromatic nitrogens is 2. The highest BCUT2D eigenvalue weighted by atomic mass is 35.5. The summed E-state index contributed by atoms with van der Waals surface area (Å²) in [4.78, 5) is 29.9. The molecule has 278 valence electrons. The number of methoxy groups -OCH3 is 1. The number of allylic oxidation sites excluding steroid dienone is 1. The number of aryl methyl sites for hydroxylation is 3. The quantitative estimate of drug-likeness (QED) is 0.271. The molecule has 12 heteroatoms. The Bertz CT molecular complexity index is 1970. The Labute approximate surface area is 312 Å². The molecule has 1 spiro atoms. The number of amides is 2. The summed E-state index contributed by atoms with van der Waals surface area (Å²) in [7, 11) is 0.0911. The molecule has 0 saturated heterocycles. The zero-order valence-electron chi connectivity index (χ0n) is 30.4. The predicted octanol–water partition coefficient (Wildman–Crippen LogP) is 6.99. The van der Waals surface area contributed by atoms with E-state index >= 15 is 0 Å². The molecule has 0 radical (unpaired) electrons. The van der Waals surface area contributed by atoms with E-state index in [1.807, 2.05) is 38.2 Å². The number of rotatable bonds is 6. The Morgan fingerprint density at radius 3 is 2.79 bits per heavy atom. The van der Waals surface area contributed by atoms with Crippen molar-refractivity contribution in [2.24, 2.45) is 23.2 Å². The van der Waals surface area contributed by atoms with E-state index in [1.54, 1.807) is 24.1 Å². The number of carbonyl (C=O) groups is 2. The van der Waals surface area contributed by atoms with Crippen molar-refractivity contribution in [2.75, 3.05) is 31.7 Å². The maximum Gasteiger partial charge on any atom is 0.286 e. The van der Waals surface area contributed by atoms with Crippen LogP contribution in [0.3, 0.4) is 0 Å². The van der Waals surface area contributed by atoms with E-state index in [9.17, 15) is 13.8 Å². The van der Waals surface area contributed by atoms with E-state index in [0.29, 0.717) is 55.4 Å². The smallest absolute Gasteiger partial charge is 0.286 e. The van der Waals surface area contributed by atoms with Gasteiger partial charge in [-0.25, -0.2) is 4.21 Å². The molecule has 2 bridgehead atoms. The van der Waals surface area contributed by atoms with Crippen molar-refractivity contribution in [3.05, 3.63) is 88.2 Å². The summed E-state index contributed by atoms with van der Waals surface area (Å²) < 4.78 is 36.4. The van der Waals surface area contributed by atoms with E-state index in [0.717, 1.165) is 61.6 Å². The topological polar surface area (TPSA) is 115 Å². The number of carbonyl (C=O) groups excluding carboxylic acids is 2. The van der Waals surface area contributed by atoms with Gasteiger partial charge in [0.1, 0.15) is 15.7 Å². The average molecular weight is 748 g/mol. The van der Waals surface area contributed by atoms with Crippen molar-refractivity contribution in [1.29, 1.82) is 0 Å². The van der Waals surface area contributed by atoms with Gasteiger partial charge in [-0.05, 0) is 117 Å². The summed E-state index contributed by atoms with van der Waals surface area (Å²) in [5, 5.41) is 4.39. The van der Waals surface area contributed by atoms with Crippen LogP contribution in [0.25, 0.3) is 0 Å². The molecule has 2 aromatic carbocycles. The first-order chi connectivity index (χ1) is 25.1. The third-order valence-electron chi connectivity index (χ3n) is 11.8. The highest BCUT2D eigenvalue weighted by molar-refractivity contribution is 7.93. The van der Waals surface area contributed by atoms with Crippen LogP contribution in [-0.2, 0) is 44.8 Å². The van der Waals surface area contributed by atoms with Gasteiger partial charge >= 0.3 is 0 Å². The lowest BCUT2D eigenvalue weighted by Crippen LogP contribution is -2.49. The van der Waals surface area contributed by atoms with Crippen molar-refractivity contribution in [1.82, 2.24) is 14.5 Å². The lowest BCUT2D eigenvalue weighted by molar-refractivity contribution is -0.119. The molecule has 6 atom stereocenters.